The Morgan fingerprint density at radius 2 is 1.88 bits per heavy atom. The van der Waals surface area contributed by atoms with Crippen LogP contribution in [0.2, 0.25) is 0 Å². The number of hydrogen-bond acceptors (Lipinski definition) is 9. The summed E-state index contributed by atoms with van der Waals surface area (Å²) in [5.41, 5.74) is -0.0568. The molecule has 0 saturated carbocycles. The van der Waals surface area contributed by atoms with E-state index in [1.54, 1.807) is 6.20 Å². The number of ketones is 1. The van der Waals surface area contributed by atoms with Crippen LogP contribution in [-0.4, -0.2) is 60.3 Å². The molecule has 1 aliphatic rings. The van der Waals surface area contributed by atoms with Gasteiger partial charge in [-0.05, 0) is 36.8 Å². The largest absolute Gasteiger partial charge is 0.494 e. The Kier molecular flexibility index (Phi) is 9.06. The summed E-state index contributed by atoms with van der Waals surface area (Å²) in [6.07, 6.45) is 3.97. The van der Waals surface area contributed by atoms with Gasteiger partial charge in [-0.1, -0.05) is 27.4 Å². The number of rotatable bonds is 10. The number of hydrogen-bond donors (Lipinski definition) is 2. The number of carbonyl (C=O) groups excluding carboxylic acids is 1. The molecule has 1 aliphatic heterocycles. The summed E-state index contributed by atoms with van der Waals surface area (Å²) in [6.45, 7) is 12.7. The first-order chi connectivity index (χ1) is 19.5. The van der Waals surface area contributed by atoms with E-state index in [4.69, 9.17) is 19.2 Å². The van der Waals surface area contributed by atoms with Gasteiger partial charge in [-0.15, -0.1) is 0 Å². The Labute approximate surface area is 238 Å². The zero-order chi connectivity index (χ0) is 29.9. The van der Waals surface area contributed by atoms with E-state index >= 15 is 8.78 Å². The van der Waals surface area contributed by atoms with Crippen LogP contribution in [0.3, 0.4) is 0 Å². The van der Waals surface area contributed by atoms with Crippen molar-refractivity contribution in [3.63, 3.8) is 0 Å². The van der Waals surface area contributed by atoms with Gasteiger partial charge in [-0.3, -0.25) is 4.79 Å². The van der Waals surface area contributed by atoms with Crippen molar-refractivity contribution in [1.29, 1.82) is 0 Å². The highest BCUT2D eigenvalue weighted by Gasteiger charge is 2.29. The number of fused-ring (bicyclic) bond motifs is 1. The summed E-state index contributed by atoms with van der Waals surface area (Å²) in [7, 11) is 2.59. The van der Waals surface area contributed by atoms with Gasteiger partial charge in [-0.2, -0.15) is 0 Å². The molecule has 3 atom stereocenters. The summed E-state index contributed by atoms with van der Waals surface area (Å²) in [5, 5.41) is 7.22. The molecule has 4 rings (SSSR count). The molecule has 9 nitrogen and oxygen atoms in total. The lowest BCUT2D eigenvalue weighted by Gasteiger charge is -2.31. The molecular weight excluding hydrogens is 532 g/mol. The molecule has 1 fully saturated rings. The van der Waals surface area contributed by atoms with Crippen molar-refractivity contribution in [2.45, 2.75) is 52.6 Å². The lowest BCUT2D eigenvalue weighted by atomic mass is 9.88. The van der Waals surface area contributed by atoms with Gasteiger partial charge in [0.05, 0.1) is 38.1 Å². The highest BCUT2D eigenvalue weighted by atomic mass is 19.1. The van der Waals surface area contributed by atoms with Crippen molar-refractivity contribution < 1.29 is 27.8 Å². The maximum atomic E-state index is 15.4. The minimum atomic E-state index is -0.899. The van der Waals surface area contributed by atoms with Gasteiger partial charge in [0.15, 0.2) is 34.7 Å². The van der Waals surface area contributed by atoms with Gasteiger partial charge < -0.3 is 24.8 Å². The second-order valence-corrected chi connectivity index (χ2v) is 11.3. The molecule has 0 bridgehead atoms. The van der Waals surface area contributed by atoms with Crippen LogP contribution in [-0.2, 0) is 9.53 Å². The van der Waals surface area contributed by atoms with Gasteiger partial charge in [0.25, 0.3) is 0 Å². The Morgan fingerprint density at radius 1 is 1.20 bits per heavy atom. The van der Waals surface area contributed by atoms with Crippen molar-refractivity contribution in [1.82, 2.24) is 15.0 Å². The van der Waals surface area contributed by atoms with E-state index in [-0.39, 0.29) is 52.0 Å². The van der Waals surface area contributed by atoms with Gasteiger partial charge >= 0.3 is 0 Å². The fourth-order valence-corrected chi connectivity index (χ4v) is 4.56. The van der Waals surface area contributed by atoms with Crippen LogP contribution >= 0.6 is 0 Å². The lowest BCUT2D eigenvalue weighted by Crippen LogP contribution is -2.40. The number of allylic oxidation sites excluding steroid dienone is 1. The second kappa shape index (κ2) is 12.3. The number of benzene rings is 1. The number of methoxy groups -OCH3 is 2. The predicted molar refractivity (Wildman–Crippen MR) is 154 cm³/mol. The Bertz CT molecular complexity index is 1410. The van der Waals surface area contributed by atoms with Crippen molar-refractivity contribution >= 4 is 28.5 Å². The Hall–Kier alpha value is -3.86. The number of nitrogens with one attached hydrogen (secondary N) is 2. The fourth-order valence-electron chi connectivity index (χ4n) is 4.56. The average Bonchev–Trinajstić information content (AvgIpc) is 2.94. The van der Waals surface area contributed by atoms with E-state index in [9.17, 15) is 4.79 Å². The molecule has 0 radical (unpaired) electrons. The van der Waals surface area contributed by atoms with E-state index in [0.717, 1.165) is 6.07 Å². The number of pyridine rings is 1. The first-order valence-electron chi connectivity index (χ1n) is 13.5. The van der Waals surface area contributed by atoms with Gasteiger partial charge in [0.1, 0.15) is 5.52 Å². The zero-order valence-corrected chi connectivity index (χ0v) is 24.3. The molecule has 3 heterocycles. The van der Waals surface area contributed by atoms with Crippen molar-refractivity contribution in [3.05, 3.63) is 42.6 Å². The summed E-state index contributed by atoms with van der Waals surface area (Å²) >= 11 is 0. The summed E-state index contributed by atoms with van der Waals surface area (Å²) in [5.74, 6) is -1.49. The van der Waals surface area contributed by atoms with Gasteiger partial charge in [0.2, 0.25) is 5.95 Å². The molecule has 1 unspecified atom stereocenters. The third kappa shape index (κ3) is 6.56. The number of carbonyl (C=O) groups is 1. The zero-order valence-electron chi connectivity index (χ0n) is 24.3. The van der Waals surface area contributed by atoms with Crippen LogP contribution in [0.15, 0.2) is 31.0 Å². The molecule has 0 aliphatic carbocycles. The van der Waals surface area contributed by atoms with Gasteiger partial charge in [0, 0.05) is 36.7 Å². The topological polar surface area (TPSA) is 107 Å². The Balaban J connectivity index is 1.82. The van der Waals surface area contributed by atoms with E-state index in [0.29, 0.717) is 48.7 Å². The van der Waals surface area contributed by atoms with Crippen molar-refractivity contribution in [2.24, 2.45) is 11.3 Å². The maximum Gasteiger partial charge on any atom is 0.223 e. The molecular formula is C30H37F2N5O4. The molecule has 3 aromatic rings. The molecule has 0 spiro atoms. The smallest absolute Gasteiger partial charge is 0.223 e. The number of aromatic nitrogens is 3. The summed E-state index contributed by atoms with van der Waals surface area (Å²) < 4.78 is 46.8. The van der Waals surface area contributed by atoms with Crippen LogP contribution in [0, 0.1) is 23.0 Å². The van der Waals surface area contributed by atoms with E-state index < -0.39 is 11.6 Å². The quantitative estimate of drug-likeness (QED) is 0.293. The highest BCUT2D eigenvalue weighted by molar-refractivity contribution is 5.92. The van der Waals surface area contributed by atoms with E-state index in [1.807, 2.05) is 6.92 Å². The van der Waals surface area contributed by atoms with E-state index in [2.05, 4.69) is 48.0 Å². The van der Waals surface area contributed by atoms with Crippen molar-refractivity contribution in [2.75, 3.05) is 38.1 Å². The number of halogens is 2. The monoisotopic (exact) mass is 569 g/mol. The van der Waals surface area contributed by atoms with Crippen LogP contribution in [0.5, 0.6) is 11.5 Å². The molecule has 1 saturated heterocycles. The average molecular weight is 570 g/mol. The second-order valence-electron chi connectivity index (χ2n) is 11.3. The van der Waals surface area contributed by atoms with Crippen LogP contribution < -0.4 is 20.1 Å². The normalized spacial score (nSPS) is 18.0. The molecule has 2 aromatic heterocycles. The SMILES string of the molecule is C=CC(=O)C[C@H]1CCOC[C@H]1Nc1ncc2cc(-c3c(F)c(OC)cc(OC)c3F)nc(NC(C)C(C)(C)C)c2n1. The molecule has 1 aromatic carbocycles. The minimum absolute atomic E-state index is 0.0290. The number of ether oxygens (including phenoxy) is 3. The predicted octanol–water partition coefficient (Wildman–Crippen LogP) is 5.80. The molecule has 2 N–H and O–H groups in total. The fraction of sp³-hybridized carbons (Fsp3) is 0.467. The highest BCUT2D eigenvalue weighted by Crippen LogP contribution is 2.39. The maximum absolute atomic E-state index is 15.4. The summed E-state index contributed by atoms with van der Waals surface area (Å²) in [6, 6.07) is 2.41. The Morgan fingerprint density at radius 3 is 2.49 bits per heavy atom. The number of nitrogens with zero attached hydrogens (tertiary/aromatic N) is 3. The summed E-state index contributed by atoms with van der Waals surface area (Å²) in [4.78, 5) is 25.9. The van der Waals surface area contributed by atoms with Crippen LogP contribution in [0.4, 0.5) is 20.5 Å². The molecule has 220 valence electrons. The first kappa shape index (κ1) is 30.1. The number of anilines is 2. The van der Waals surface area contributed by atoms with Crippen molar-refractivity contribution in [3.8, 4) is 22.8 Å². The van der Waals surface area contributed by atoms with Gasteiger partial charge in [-0.25, -0.2) is 23.7 Å². The van der Waals surface area contributed by atoms with Crippen LogP contribution in [0.1, 0.15) is 40.5 Å². The minimum Gasteiger partial charge on any atom is -0.494 e. The third-order valence-electron chi connectivity index (χ3n) is 7.55. The molecule has 11 heteroatoms. The molecule has 0 amide bonds. The standard InChI is InChI=1S/C30H37F2N5O4/c1-8-19(38)11-17-9-10-41-15-21(17)36-29-33-14-18-12-20(24-25(31)22(39-6)13-23(40-7)26(24)32)35-28(27(18)37-29)34-16(2)30(3,4)5/h8,12-14,16-17,21H,1,9-11,15H2,2-7H3,(H,34,35)(H,33,36,37)/t16?,17-,21-/m1/s1. The van der Waals surface area contributed by atoms with Crippen LogP contribution in [0.25, 0.3) is 22.2 Å². The lowest BCUT2D eigenvalue weighted by molar-refractivity contribution is -0.116. The first-order valence-corrected chi connectivity index (χ1v) is 13.5. The third-order valence-corrected chi connectivity index (χ3v) is 7.55. The molecule has 41 heavy (non-hydrogen) atoms. The van der Waals surface area contributed by atoms with E-state index in [1.165, 1.54) is 26.4 Å².